The molecule has 2 aromatic rings. The zero-order valence-electron chi connectivity index (χ0n) is 19.9. The average molecular weight is 520 g/mol. The lowest BCUT2D eigenvalue weighted by Gasteiger charge is -2.31. The molecule has 35 heavy (non-hydrogen) atoms. The first-order valence-corrected chi connectivity index (χ1v) is 13.5. The van der Waals surface area contributed by atoms with Crippen molar-refractivity contribution in [2.75, 3.05) is 13.1 Å². The number of benzene rings is 2. The Kier molecular flexibility index (Phi) is 8.91. The van der Waals surface area contributed by atoms with E-state index >= 15 is 0 Å². The summed E-state index contributed by atoms with van der Waals surface area (Å²) in [7, 11) is -4.02. The number of nitrogens with one attached hydrogen (secondary N) is 1. The molecule has 0 saturated carbocycles. The highest BCUT2D eigenvalue weighted by Gasteiger charge is 2.41. The summed E-state index contributed by atoms with van der Waals surface area (Å²) in [6.45, 7) is 4.19. The van der Waals surface area contributed by atoms with Gasteiger partial charge in [0.2, 0.25) is 11.8 Å². The van der Waals surface area contributed by atoms with Gasteiger partial charge in [-0.1, -0.05) is 56.1 Å². The van der Waals surface area contributed by atoms with Crippen molar-refractivity contribution in [2.24, 2.45) is 0 Å². The Hall–Kier alpha value is -2.91. The first kappa shape index (κ1) is 26.7. The lowest BCUT2D eigenvalue weighted by Crippen LogP contribution is -2.49. The van der Waals surface area contributed by atoms with Crippen LogP contribution in [-0.2, 0) is 26.2 Å². The van der Waals surface area contributed by atoms with Gasteiger partial charge in [0.25, 0.3) is 15.9 Å². The van der Waals surface area contributed by atoms with Crippen molar-refractivity contribution in [3.63, 3.8) is 0 Å². The zero-order valence-corrected chi connectivity index (χ0v) is 21.4. The van der Waals surface area contributed by atoms with Gasteiger partial charge >= 0.3 is 0 Å². The van der Waals surface area contributed by atoms with Crippen LogP contribution in [0.15, 0.2) is 53.4 Å². The molecule has 0 spiro atoms. The van der Waals surface area contributed by atoms with E-state index in [0.29, 0.717) is 18.0 Å². The fourth-order valence-electron chi connectivity index (χ4n) is 4.01. The number of sulfonamides is 1. The molecule has 1 aliphatic rings. The molecule has 0 bridgehead atoms. The Bertz CT molecular complexity index is 1180. The summed E-state index contributed by atoms with van der Waals surface area (Å²) in [5.74, 6) is -1.33. The molecule has 0 fully saturated rings. The fraction of sp³-hybridized carbons (Fsp3) is 0.400. The number of nitrogens with zero attached hydrogens (tertiary/aromatic N) is 2. The molecule has 8 nitrogen and oxygen atoms in total. The number of hydrogen-bond donors (Lipinski definition) is 1. The quantitative estimate of drug-likeness (QED) is 0.457. The molecule has 0 radical (unpaired) electrons. The molecular formula is C25H30ClN3O5S. The van der Waals surface area contributed by atoms with Gasteiger partial charge in [0.05, 0.1) is 5.56 Å². The van der Waals surface area contributed by atoms with Crippen LogP contribution in [0, 0.1) is 0 Å². The Labute approximate surface area is 211 Å². The standard InChI is InChI=1S/C25H30ClN3O5S/c1-3-5-15-27-24(31)21(4-2)28(17-18-10-12-19(26)13-11-18)23(30)14-16-29-25(32)20-8-6-7-9-22(20)35(29,33)34/h6-13,21H,3-5,14-17H2,1-2H3,(H,27,31). The third kappa shape index (κ3) is 6.02. The maximum Gasteiger partial charge on any atom is 0.269 e. The maximum atomic E-state index is 13.4. The zero-order chi connectivity index (χ0) is 25.6. The SMILES string of the molecule is CCCCNC(=O)C(CC)N(Cc1ccc(Cl)cc1)C(=O)CCN1C(=O)c2ccccc2S1(=O)=O. The van der Waals surface area contributed by atoms with Gasteiger partial charge in [-0.25, -0.2) is 12.7 Å². The van der Waals surface area contributed by atoms with Crippen molar-refractivity contribution < 1.29 is 22.8 Å². The van der Waals surface area contributed by atoms with Gasteiger partial charge in [0.1, 0.15) is 10.9 Å². The van der Waals surface area contributed by atoms with Crippen LogP contribution in [0.2, 0.25) is 5.02 Å². The number of carbonyl (C=O) groups excluding carboxylic acids is 3. The molecule has 3 rings (SSSR count). The summed E-state index contributed by atoms with van der Waals surface area (Å²) < 4.78 is 26.4. The van der Waals surface area contributed by atoms with Crippen molar-refractivity contribution in [1.29, 1.82) is 0 Å². The predicted octanol–water partition coefficient (Wildman–Crippen LogP) is 3.60. The first-order valence-electron chi connectivity index (χ1n) is 11.7. The van der Waals surface area contributed by atoms with Gasteiger partial charge in [-0.15, -0.1) is 0 Å². The molecular weight excluding hydrogens is 490 g/mol. The molecule has 0 aromatic heterocycles. The van der Waals surface area contributed by atoms with Gasteiger partial charge in [-0.2, -0.15) is 0 Å². The molecule has 0 saturated heterocycles. The minimum absolute atomic E-state index is 0.0581. The van der Waals surface area contributed by atoms with Gasteiger partial charge in [0.15, 0.2) is 0 Å². The van der Waals surface area contributed by atoms with Crippen LogP contribution in [0.3, 0.4) is 0 Å². The van der Waals surface area contributed by atoms with Crippen molar-refractivity contribution in [3.8, 4) is 0 Å². The number of carbonyl (C=O) groups is 3. The Morgan fingerprint density at radius 2 is 1.77 bits per heavy atom. The largest absolute Gasteiger partial charge is 0.354 e. The van der Waals surface area contributed by atoms with E-state index in [0.717, 1.165) is 22.7 Å². The first-order chi connectivity index (χ1) is 16.7. The van der Waals surface area contributed by atoms with Crippen LogP contribution in [0.25, 0.3) is 0 Å². The minimum Gasteiger partial charge on any atom is -0.354 e. The topological polar surface area (TPSA) is 104 Å². The highest BCUT2D eigenvalue weighted by atomic mass is 35.5. The van der Waals surface area contributed by atoms with Gasteiger partial charge in [-0.3, -0.25) is 14.4 Å². The van der Waals surface area contributed by atoms with Crippen LogP contribution < -0.4 is 5.32 Å². The molecule has 10 heteroatoms. The van der Waals surface area contributed by atoms with E-state index in [4.69, 9.17) is 11.6 Å². The van der Waals surface area contributed by atoms with Crippen LogP contribution in [0.1, 0.15) is 55.5 Å². The third-order valence-electron chi connectivity index (χ3n) is 5.92. The Morgan fingerprint density at radius 3 is 2.40 bits per heavy atom. The van der Waals surface area contributed by atoms with E-state index in [1.165, 1.54) is 17.0 Å². The van der Waals surface area contributed by atoms with Crippen molar-refractivity contribution in [3.05, 3.63) is 64.7 Å². The lowest BCUT2D eigenvalue weighted by atomic mass is 10.1. The molecule has 188 valence electrons. The predicted molar refractivity (Wildman–Crippen MR) is 133 cm³/mol. The second kappa shape index (κ2) is 11.7. The number of amides is 3. The van der Waals surface area contributed by atoms with E-state index < -0.39 is 27.9 Å². The smallest absolute Gasteiger partial charge is 0.269 e. The fourth-order valence-corrected chi connectivity index (χ4v) is 5.70. The minimum atomic E-state index is -4.02. The van der Waals surface area contributed by atoms with E-state index in [2.05, 4.69) is 5.32 Å². The monoisotopic (exact) mass is 519 g/mol. The Balaban J connectivity index is 1.80. The number of hydrogen-bond acceptors (Lipinski definition) is 5. The highest BCUT2D eigenvalue weighted by molar-refractivity contribution is 7.90. The van der Waals surface area contributed by atoms with Crippen molar-refractivity contribution in [1.82, 2.24) is 14.5 Å². The molecule has 1 heterocycles. The molecule has 0 aliphatic carbocycles. The lowest BCUT2D eigenvalue weighted by molar-refractivity contribution is -0.141. The second-order valence-electron chi connectivity index (χ2n) is 8.35. The van der Waals surface area contributed by atoms with Gasteiger partial charge in [-0.05, 0) is 42.7 Å². The summed E-state index contributed by atoms with van der Waals surface area (Å²) in [4.78, 5) is 40.4. The highest BCUT2D eigenvalue weighted by Crippen LogP contribution is 2.30. The van der Waals surface area contributed by atoms with Crippen LogP contribution in [0.5, 0.6) is 0 Å². The molecule has 1 unspecified atom stereocenters. The van der Waals surface area contributed by atoms with E-state index in [1.54, 1.807) is 36.4 Å². The second-order valence-corrected chi connectivity index (χ2v) is 10.6. The van der Waals surface area contributed by atoms with Crippen LogP contribution in [0.4, 0.5) is 0 Å². The van der Waals surface area contributed by atoms with Crippen molar-refractivity contribution >= 4 is 39.3 Å². The summed E-state index contributed by atoms with van der Waals surface area (Å²) >= 11 is 5.98. The van der Waals surface area contributed by atoms with Crippen molar-refractivity contribution in [2.45, 2.75) is 57.0 Å². The molecule has 1 atom stereocenters. The number of fused-ring (bicyclic) bond motifs is 1. The number of halogens is 1. The third-order valence-corrected chi connectivity index (χ3v) is 8.01. The van der Waals surface area contributed by atoms with E-state index in [-0.39, 0.29) is 35.9 Å². The van der Waals surface area contributed by atoms with Gasteiger partial charge < -0.3 is 10.2 Å². The molecule has 3 amide bonds. The van der Waals surface area contributed by atoms with E-state index in [1.807, 2.05) is 13.8 Å². The summed E-state index contributed by atoms with van der Waals surface area (Å²) in [5.41, 5.74) is 0.875. The summed E-state index contributed by atoms with van der Waals surface area (Å²) in [6.07, 6.45) is 1.88. The molecule has 2 aromatic carbocycles. The van der Waals surface area contributed by atoms with Crippen LogP contribution in [-0.4, -0.2) is 54.5 Å². The summed E-state index contributed by atoms with van der Waals surface area (Å²) in [6, 6.07) is 12.2. The van der Waals surface area contributed by atoms with Crippen LogP contribution >= 0.6 is 11.6 Å². The summed E-state index contributed by atoms with van der Waals surface area (Å²) in [5, 5.41) is 3.43. The van der Waals surface area contributed by atoms with E-state index in [9.17, 15) is 22.8 Å². The molecule has 1 aliphatic heterocycles. The number of unbranched alkanes of at least 4 members (excludes halogenated alkanes) is 1. The normalized spacial score (nSPS) is 14.9. The Morgan fingerprint density at radius 1 is 1.09 bits per heavy atom. The molecule has 1 N–H and O–H groups in total. The number of rotatable bonds is 11. The average Bonchev–Trinajstić information content (AvgIpc) is 3.04. The maximum absolute atomic E-state index is 13.4. The van der Waals surface area contributed by atoms with Gasteiger partial charge in [0, 0.05) is 31.1 Å².